The van der Waals surface area contributed by atoms with E-state index in [2.05, 4.69) is 34.5 Å². The first-order valence-electron chi connectivity index (χ1n) is 13.0. The zero-order valence-electron chi connectivity index (χ0n) is 22.4. The van der Waals surface area contributed by atoms with Gasteiger partial charge in [0, 0.05) is 24.3 Å². The molecule has 2 aromatic heterocycles. The first-order chi connectivity index (χ1) is 18.2. The number of urea groups is 1. The highest BCUT2D eigenvalue weighted by Gasteiger charge is 2.18. The molecule has 0 aliphatic heterocycles. The molecule has 0 atom stereocenters. The monoisotopic (exact) mass is 533 g/mol. The number of fused-ring (bicyclic) bond motifs is 1. The van der Waals surface area contributed by atoms with Crippen LogP contribution in [-0.2, 0) is 22.9 Å². The molecule has 2 N–H and O–H groups in total. The number of pyridine rings is 1. The third kappa shape index (κ3) is 6.39. The highest BCUT2D eigenvalue weighted by atomic mass is 32.2. The van der Waals surface area contributed by atoms with Gasteiger partial charge in [-0.15, -0.1) is 0 Å². The molecule has 0 aliphatic carbocycles. The van der Waals surface area contributed by atoms with Gasteiger partial charge in [0.25, 0.3) is 10.0 Å². The Morgan fingerprint density at radius 2 is 1.63 bits per heavy atom. The molecule has 0 radical (unpaired) electrons. The molecule has 8 nitrogen and oxygen atoms in total. The van der Waals surface area contributed by atoms with Crippen molar-refractivity contribution in [2.75, 3.05) is 6.54 Å². The van der Waals surface area contributed by atoms with Crippen molar-refractivity contribution >= 4 is 27.2 Å². The van der Waals surface area contributed by atoms with Gasteiger partial charge in [-0.1, -0.05) is 49.6 Å². The first kappa shape index (κ1) is 27.3. The van der Waals surface area contributed by atoms with E-state index in [9.17, 15) is 13.2 Å². The number of rotatable bonds is 10. The van der Waals surface area contributed by atoms with Crippen molar-refractivity contribution in [3.05, 3.63) is 82.8 Å². The van der Waals surface area contributed by atoms with Crippen LogP contribution in [0.4, 0.5) is 4.79 Å². The van der Waals surface area contributed by atoms with E-state index in [0.29, 0.717) is 13.0 Å². The molecule has 9 heteroatoms. The van der Waals surface area contributed by atoms with Crippen LogP contribution in [0.2, 0.25) is 0 Å². The second-order valence-corrected chi connectivity index (χ2v) is 11.3. The topological polar surface area (TPSA) is 106 Å². The van der Waals surface area contributed by atoms with Gasteiger partial charge in [0.1, 0.15) is 11.3 Å². The minimum Gasteiger partial charge on any atom is -0.337 e. The molecular formula is C29H35N5O3S. The number of amides is 2. The summed E-state index contributed by atoms with van der Waals surface area (Å²) in [5, 5.41) is 2.63. The summed E-state index contributed by atoms with van der Waals surface area (Å²) in [4.78, 5) is 22.0. The number of hydrogen-bond acceptors (Lipinski definition) is 5. The van der Waals surface area contributed by atoms with E-state index in [1.165, 1.54) is 12.1 Å². The lowest BCUT2D eigenvalue weighted by Gasteiger charge is -2.11. The summed E-state index contributed by atoms with van der Waals surface area (Å²) < 4.78 is 29.0. The number of unbranched alkanes of at least 4 members (excludes halogenated alkanes) is 2. The van der Waals surface area contributed by atoms with Crippen molar-refractivity contribution in [1.29, 1.82) is 0 Å². The largest absolute Gasteiger partial charge is 0.337 e. The number of carbonyl (C=O) groups excluding carboxylic acids is 1. The molecule has 0 unspecified atom stereocenters. The maximum Gasteiger partial charge on any atom is 0.328 e. The minimum atomic E-state index is -3.92. The summed E-state index contributed by atoms with van der Waals surface area (Å²) >= 11 is 0. The second-order valence-electron chi connectivity index (χ2n) is 9.66. The fourth-order valence-corrected chi connectivity index (χ4v) is 5.37. The average Bonchev–Trinajstić information content (AvgIpc) is 3.23. The molecule has 4 aromatic rings. The SMILES string of the molecule is CCCCCc1nc2c(C)cc(C)nc2n1-c1ccc(CCNC(=O)NS(=O)(=O)c2ccc(C)cc2)cc1. The first-order valence-corrected chi connectivity index (χ1v) is 14.5. The molecule has 0 saturated carbocycles. The van der Waals surface area contributed by atoms with Gasteiger partial charge >= 0.3 is 6.03 Å². The zero-order chi connectivity index (χ0) is 27.3. The Kier molecular flexibility index (Phi) is 8.46. The number of sulfonamides is 1. The van der Waals surface area contributed by atoms with E-state index >= 15 is 0 Å². The van der Waals surface area contributed by atoms with Gasteiger partial charge in [0.2, 0.25) is 0 Å². The van der Waals surface area contributed by atoms with Crippen LogP contribution in [0.1, 0.15) is 54.4 Å². The molecule has 2 amide bonds. The zero-order valence-corrected chi connectivity index (χ0v) is 23.2. The highest BCUT2D eigenvalue weighted by Crippen LogP contribution is 2.25. The van der Waals surface area contributed by atoms with Crippen LogP contribution >= 0.6 is 0 Å². The van der Waals surface area contributed by atoms with E-state index in [0.717, 1.165) is 70.7 Å². The van der Waals surface area contributed by atoms with Crippen LogP contribution in [0.25, 0.3) is 16.9 Å². The fraction of sp³-hybridized carbons (Fsp3) is 0.345. The molecule has 0 saturated heterocycles. The maximum absolute atomic E-state index is 12.4. The van der Waals surface area contributed by atoms with E-state index in [4.69, 9.17) is 9.97 Å². The Morgan fingerprint density at radius 3 is 2.32 bits per heavy atom. The predicted molar refractivity (Wildman–Crippen MR) is 150 cm³/mol. The summed E-state index contributed by atoms with van der Waals surface area (Å²) in [5.74, 6) is 1.01. The van der Waals surface area contributed by atoms with Crippen LogP contribution in [0.5, 0.6) is 0 Å². The Hall–Kier alpha value is -3.72. The molecule has 200 valence electrons. The molecule has 0 spiro atoms. The van der Waals surface area contributed by atoms with Crippen molar-refractivity contribution in [1.82, 2.24) is 24.6 Å². The summed E-state index contributed by atoms with van der Waals surface area (Å²) in [6, 6.07) is 15.8. The van der Waals surface area contributed by atoms with Gasteiger partial charge < -0.3 is 5.32 Å². The molecule has 4 rings (SSSR count). The lowest BCUT2D eigenvalue weighted by Crippen LogP contribution is -2.40. The number of aromatic nitrogens is 3. The number of aryl methyl sites for hydroxylation is 4. The molecule has 0 bridgehead atoms. The average molecular weight is 534 g/mol. The van der Waals surface area contributed by atoms with Crippen molar-refractivity contribution in [2.24, 2.45) is 0 Å². The molecular weight excluding hydrogens is 498 g/mol. The lowest BCUT2D eigenvalue weighted by molar-refractivity contribution is 0.246. The minimum absolute atomic E-state index is 0.0507. The van der Waals surface area contributed by atoms with Crippen molar-refractivity contribution in [3.63, 3.8) is 0 Å². The molecule has 0 aliphatic rings. The lowest BCUT2D eigenvalue weighted by atomic mass is 10.1. The van der Waals surface area contributed by atoms with Crippen molar-refractivity contribution in [3.8, 4) is 5.69 Å². The van der Waals surface area contributed by atoms with Gasteiger partial charge in [-0.05, 0) is 75.1 Å². The number of carbonyl (C=O) groups is 1. The quantitative estimate of drug-likeness (QED) is 0.269. The number of benzene rings is 2. The molecule has 0 fully saturated rings. The highest BCUT2D eigenvalue weighted by molar-refractivity contribution is 7.90. The molecule has 2 heterocycles. The third-order valence-electron chi connectivity index (χ3n) is 6.46. The summed E-state index contributed by atoms with van der Waals surface area (Å²) in [7, 11) is -3.92. The summed E-state index contributed by atoms with van der Waals surface area (Å²) in [6.45, 7) is 8.43. The summed E-state index contributed by atoms with van der Waals surface area (Å²) in [5.41, 5.74) is 6.84. The van der Waals surface area contributed by atoms with E-state index in [1.54, 1.807) is 12.1 Å². The number of nitrogens with zero attached hydrogens (tertiary/aromatic N) is 3. The van der Waals surface area contributed by atoms with Gasteiger partial charge in [0.05, 0.1) is 4.90 Å². The Balaban J connectivity index is 1.43. The van der Waals surface area contributed by atoms with Crippen LogP contribution in [0.3, 0.4) is 0 Å². The van der Waals surface area contributed by atoms with Crippen LogP contribution < -0.4 is 10.0 Å². The van der Waals surface area contributed by atoms with Crippen LogP contribution in [0, 0.1) is 20.8 Å². The van der Waals surface area contributed by atoms with Crippen LogP contribution in [-0.4, -0.2) is 35.5 Å². The predicted octanol–water partition coefficient (Wildman–Crippen LogP) is 5.31. The number of imidazole rings is 1. The van der Waals surface area contributed by atoms with Gasteiger partial charge in [-0.2, -0.15) is 0 Å². The van der Waals surface area contributed by atoms with E-state index < -0.39 is 16.1 Å². The standard InChI is InChI=1S/C29H35N5O3S/c1-5-6-7-8-26-32-27-21(3)19-22(4)31-28(27)34(26)24-13-11-23(12-14-24)17-18-30-29(35)33-38(36,37)25-15-9-20(2)10-16-25/h9-16,19H,5-8,17-18H2,1-4H3,(H2,30,33,35). The molecule has 2 aromatic carbocycles. The maximum atomic E-state index is 12.4. The van der Waals surface area contributed by atoms with Crippen molar-refractivity contribution < 1.29 is 13.2 Å². The Morgan fingerprint density at radius 1 is 0.921 bits per heavy atom. The Bertz CT molecular complexity index is 1530. The fourth-order valence-electron chi connectivity index (χ4n) is 4.44. The smallest absolute Gasteiger partial charge is 0.328 e. The second kappa shape index (κ2) is 11.8. The van der Waals surface area contributed by atoms with Crippen LogP contribution in [0.15, 0.2) is 59.5 Å². The van der Waals surface area contributed by atoms with Gasteiger partial charge in [0.15, 0.2) is 5.65 Å². The third-order valence-corrected chi connectivity index (χ3v) is 7.81. The summed E-state index contributed by atoms with van der Waals surface area (Å²) in [6.07, 6.45) is 4.82. The van der Waals surface area contributed by atoms with E-state index in [1.807, 2.05) is 38.1 Å². The van der Waals surface area contributed by atoms with Gasteiger partial charge in [-0.25, -0.2) is 27.9 Å². The number of hydrogen-bond donors (Lipinski definition) is 2. The molecule has 38 heavy (non-hydrogen) atoms. The Labute approximate surface area is 224 Å². The number of nitrogens with one attached hydrogen (secondary N) is 2. The van der Waals surface area contributed by atoms with Gasteiger partial charge in [-0.3, -0.25) is 4.57 Å². The van der Waals surface area contributed by atoms with Crippen molar-refractivity contribution in [2.45, 2.75) is 64.7 Å². The van der Waals surface area contributed by atoms with E-state index in [-0.39, 0.29) is 4.90 Å². The normalized spacial score (nSPS) is 11.6.